The second kappa shape index (κ2) is 40.9. The average Bonchev–Trinajstić information content (AvgIpc) is 0.751. The molecule has 9 aliphatic rings. The normalized spacial score (nSPS) is 22.5. The number of benzene rings is 9. The average molecular weight is 1880 g/mol. The molecule has 0 fully saturated rings. The molecule has 0 aromatic heterocycles. The molecular weight excluding hydrogens is 1710 g/mol. The zero-order valence-electron chi connectivity index (χ0n) is 82.8. The van der Waals surface area contributed by atoms with Gasteiger partial charge in [0.15, 0.2) is 0 Å². The molecule has 9 aromatic rings. The van der Waals surface area contributed by atoms with Gasteiger partial charge in [0.05, 0.1) is 0 Å². The summed E-state index contributed by atoms with van der Waals surface area (Å²) in [6.07, 6.45) is 34.0. The molecule has 9 N–H and O–H groups in total. The fourth-order valence-electron chi connectivity index (χ4n) is 30.0. The molecule has 0 bridgehead atoms. The predicted molar refractivity (Wildman–Crippen MR) is 576 cm³/mol. The molecule has 0 amide bonds. The maximum Gasteiger partial charge on any atom is 0.120 e. The van der Waals surface area contributed by atoms with Crippen LogP contribution in [0.25, 0.3) is 0 Å². The molecule has 0 heterocycles. The largest absolute Gasteiger partial charge is 0.331 e. The topological polar surface area (TPSA) is 108 Å². The maximum atomic E-state index is 4.50. The highest BCUT2D eigenvalue weighted by Gasteiger charge is 2.59. The van der Waals surface area contributed by atoms with Crippen LogP contribution in [0.2, 0.25) is 132 Å². The van der Waals surface area contributed by atoms with Crippen LogP contribution in [-0.4, -0.2) is 74.1 Å². The molecule has 9 atom stereocenters. The minimum atomic E-state index is -1.96. The first kappa shape index (κ1) is 96.7. The van der Waals surface area contributed by atoms with Gasteiger partial charge in [-0.05, 0) is 288 Å². The first-order chi connectivity index (χ1) is 61.7. The quantitative estimate of drug-likeness (QED) is 0.0233. The van der Waals surface area contributed by atoms with E-state index in [2.05, 4.69) is 381 Å². The van der Waals surface area contributed by atoms with E-state index in [9.17, 15) is 0 Å². The summed E-state index contributed by atoms with van der Waals surface area (Å²) in [6.45, 7) is 48.3. The predicted octanol–water partition coefficient (Wildman–Crippen LogP) is 27.2. The van der Waals surface area contributed by atoms with E-state index in [1.807, 2.05) is 0 Å². The number of fused-ring (bicyclic) bond motifs is 9. The number of hydrogen-bond donors (Lipinski definition) is 9. The summed E-state index contributed by atoms with van der Waals surface area (Å²) in [5.41, 5.74) is 28.2. The van der Waals surface area contributed by atoms with Crippen molar-refractivity contribution in [2.75, 3.05) is 0 Å². The van der Waals surface area contributed by atoms with Crippen molar-refractivity contribution in [3.8, 4) is 0 Å². The van der Waals surface area contributed by atoms with Crippen LogP contribution >= 0.6 is 0 Å². The van der Waals surface area contributed by atoms with Crippen LogP contribution < -0.4 is 44.8 Å². The molecule has 18 heteroatoms. The zero-order valence-corrected chi connectivity index (χ0v) is 91.8. The van der Waals surface area contributed by atoms with Gasteiger partial charge in [-0.1, -0.05) is 336 Å². The van der Waals surface area contributed by atoms with E-state index < -0.39 is 74.1 Å². The second-order valence-electron chi connectivity index (χ2n) is 46.4. The summed E-state index contributed by atoms with van der Waals surface area (Å²) < 4.78 is 0. The molecule has 0 radical (unpaired) electrons. The highest BCUT2D eigenvalue weighted by molar-refractivity contribution is 7.13. The molecule has 690 valence electrons. The zero-order chi connectivity index (χ0) is 90.7. The molecule has 9 nitrogen and oxygen atoms in total. The van der Waals surface area contributed by atoms with Gasteiger partial charge in [0.25, 0.3) is 0 Å². The summed E-state index contributed by atoms with van der Waals surface area (Å²) in [5.74, 6) is 0. The Balaban J connectivity index is 0.000000142. The van der Waals surface area contributed by atoms with Crippen LogP contribution in [0.5, 0.6) is 0 Å². The van der Waals surface area contributed by atoms with Gasteiger partial charge in [0.2, 0.25) is 0 Å². The van der Waals surface area contributed by atoms with Crippen LogP contribution in [0, 0.1) is 0 Å². The van der Waals surface area contributed by atoms with Crippen molar-refractivity contribution in [3.63, 3.8) is 0 Å². The molecule has 0 aliphatic heterocycles. The molecule has 9 aromatic carbocycles. The summed E-state index contributed by atoms with van der Waals surface area (Å²) in [4.78, 5) is 42.6. The Morgan fingerprint density at radius 1 is 0.155 bits per heavy atom. The molecule has 0 saturated carbocycles. The van der Waals surface area contributed by atoms with Gasteiger partial charge in [0, 0.05) is 54.4 Å². The third-order valence-corrected chi connectivity index (χ3v) is 94.5. The van der Waals surface area contributed by atoms with Crippen molar-refractivity contribution < 1.29 is 0 Å². The molecule has 18 rings (SSSR count). The molecule has 0 spiro atoms. The van der Waals surface area contributed by atoms with Crippen LogP contribution in [0.1, 0.15) is 270 Å². The number of hydrogen-bond acceptors (Lipinski definition) is 9. The number of aryl methyl sites for hydroxylation is 9. The van der Waals surface area contributed by atoms with Crippen LogP contribution in [0.15, 0.2) is 218 Å². The Morgan fingerprint density at radius 2 is 0.248 bits per heavy atom. The highest BCUT2D eigenvalue weighted by Crippen LogP contribution is 2.50. The minimum Gasteiger partial charge on any atom is -0.331 e. The summed E-state index contributed by atoms with van der Waals surface area (Å²) in [6, 6.07) is 87.7. The van der Waals surface area contributed by atoms with Crippen molar-refractivity contribution in [2.24, 2.45) is 0 Å². The number of nitrogens with one attached hydrogen (secondary N) is 9. The third-order valence-electron chi connectivity index (χ3n) is 32.7. The third kappa shape index (κ3) is 22.3. The lowest BCUT2D eigenvalue weighted by atomic mass is 9.88. The summed E-state index contributed by atoms with van der Waals surface area (Å²) >= 11 is 0. The van der Waals surface area contributed by atoms with E-state index in [0.29, 0.717) is 68.7 Å². The smallest absolute Gasteiger partial charge is 0.120 e. The lowest BCUT2D eigenvalue weighted by molar-refractivity contribution is 0.515. The Morgan fingerprint density at radius 3 is 0.349 bits per heavy atom. The fourth-order valence-corrected chi connectivity index (χ4v) is 112. The summed E-state index contributed by atoms with van der Waals surface area (Å²) in [7, 11) is -17.7. The first-order valence-corrected chi connectivity index (χ1v) is 79.0. The van der Waals surface area contributed by atoms with Gasteiger partial charge in [-0.3, -0.25) is 0 Å². The van der Waals surface area contributed by atoms with Gasteiger partial charge in [0.1, 0.15) is 74.1 Å². The van der Waals surface area contributed by atoms with Crippen LogP contribution in [0.3, 0.4) is 0 Å². The highest BCUT2D eigenvalue weighted by atomic mass is 28.5. The lowest BCUT2D eigenvalue weighted by Crippen LogP contribution is -2.73. The molecule has 0 unspecified atom stereocenters. The van der Waals surface area contributed by atoms with Gasteiger partial charge >= 0.3 is 0 Å². The second-order valence-corrected chi connectivity index (χ2v) is 90.4. The van der Waals surface area contributed by atoms with Crippen molar-refractivity contribution in [3.05, 3.63) is 319 Å². The van der Waals surface area contributed by atoms with E-state index in [1.54, 1.807) is 100 Å². The van der Waals surface area contributed by atoms with E-state index in [1.165, 1.54) is 173 Å². The monoisotopic (exact) mass is 1880 g/mol. The van der Waals surface area contributed by atoms with Crippen LogP contribution in [-0.2, 0) is 57.8 Å². The van der Waals surface area contributed by atoms with Crippen molar-refractivity contribution in [1.82, 2.24) is 44.8 Å². The van der Waals surface area contributed by atoms with E-state index >= 15 is 0 Å². The van der Waals surface area contributed by atoms with Crippen molar-refractivity contribution >= 4 is 74.1 Å². The molecular formula is C111H165N9Si9. The molecule has 0 saturated heterocycles. The summed E-state index contributed by atoms with van der Waals surface area (Å²) in [5, 5.41) is 0. The Kier molecular flexibility index (Phi) is 30.6. The van der Waals surface area contributed by atoms with E-state index in [-0.39, 0.29) is 0 Å². The van der Waals surface area contributed by atoms with Crippen molar-refractivity contribution in [2.45, 2.75) is 360 Å². The molecule has 129 heavy (non-hydrogen) atoms. The van der Waals surface area contributed by atoms with Gasteiger partial charge in [-0.15, -0.1) is 0 Å². The number of rotatable bonds is 27. The minimum absolute atomic E-state index is 0.481. The standard InChI is InChI=1S/3C37H55N3Si3/c3*1-41(2,38-34-25-13-19-28-16-7-10-22-31(28)34)37(42(3,4)39-35-26-14-20-29-17-8-11-23-32(29)35)43(5,6)40-36-27-15-21-30-18-9-12-24-33(30)36/h3*7-12,16-18,22-24,34-40H,13-15,19-21,25-27H2,1-6H3/t3*34-,35-,36-/m111/s1. The Bertz CT molecular complexity index is 4250. The van der Waals surface area contributed by atoms with Crippen LogP contribution in [0.4, 0.5) is 0 Å². The van der Waals surface area contributed by atoms with Crippen molar-refractivity contribution in [1.29, 1.82) is 0 Å². The lowest BCUT2D eigenvalue weighted by Gasteiger charge is -2.53. The Labute approximate surface area is 791 Å². The molecule has 9 aliphatic carbocycles. The van der Waals surface area contributed by atoms with E-state index in [0.717, 1.165) is 0 Å². The van der Waals surface area contributed by atoms with Gasteiger partial charge < -0.3 is 44.8 Å². The van der Waals surface area contributed by atoms with Gasteiger partial charge in [-0.2, -0.15) is 0 Å². The SMILES string of the molecule is C[Si](C)(N[C@@H]1CCCc2ccccc21)C([Si](C)(C)N[C@@H]1CCCc2ccccc21)[Si](C)(C)N[C@@H]1CCCc2ccccc21.C[Si](C)(N[C@@H]1CCCc2ccccc21)C([Si](C)(C)N[C@@H]1CCCc2ccccc21)[Si](C)(C)N[C@@H]1CCCc2ccccc21.C[Si](C)(N[C@@H]1CCCc2ccccc21)C([Si](C)(C)N[C@@H]1CCCc2ccccc21)[Si](C)(C)N[C@@H]1CCCc2ccccc21. The fraction of sp³-hybridized carbons (Fsp3) is 0.514. The first-order valence-electron chi connectivity index (χ1n) is 51.3. The van der Waals surface area contributed by atoms with E-state index in [4.69, 9.17) is 0 Å². The van der Waals surface area contributed by atoms with Gasteiger partial charge in [-0.25, -0.2) is 0 Å². The maximum absolute atomic E-state index is 4.50. The Hall–Kier alpha value is -5.43.